The number of amides is 3. The summed E-state index contributed by atoms with van der Waals surface area (Å²) < 4.78 is 0. The van der Waals surface area contributed by atoms with Gasteiger partial charge in [-0.2, -0.15) is 0 Å². The molecule has 0 heterocycles. The summed E-state index contributed by atoms with van der Waals surface area (Å²) in [7, 11) is 3.93. The molecule has 1 aliphatic rings. The molecule has 0 unspecified atom stereocenters. The molecule has 3 amide bonds. The third kappa shape index (κ3) is 5.71. The van der Waals surface area contributed by atoms with Gasteiger partial charge in [-0.05, 0) is 39.8 Å². The number of likely N-dealkylation sites (N-methyl/N-ethyl adjacent to an activating group) is 1. The lowest BCUT2D eigenvalue weighted by molar-refractivity contribution is -0.121. The average molecular weight is 282 g/mol. The van der Waals surface area contributed by atoms with Crippen LogP contribution in [-0.4, -0.2) is 56.1 Å². The molecule has 0 atom stereocenters. The molecule has 0 radical (unpaired) electrons. The van der Waals surface area contributed by atoms with Crippen LogP contribution in [0, 0.1) is 0 Å². The molecule has 1 aliphatic carbocycles. The van der Waals surface area contributed by atoms with Gasteiger partial charge in [-0.3, -0.25) is 15.0 Å². The Balaban J connectivity index is 2.27. The largest absolute Gasteiger partial charge is 0.334 e. The highest BCUT2D eigenvalue weighted by Crippen LogP contribution is 2.21. The van der Waals surface area contributed by atoms with Gasteiger partial charge in [0, 0.05) is 18.6 Å². The summed E-state index contributed by atoms with van der Waals surface area (Å²) in [6.07, 6.45) is 5.99. The Labute approximate surface area is 121 Å². The lowest BCUT2D eigenvalue weighted by atomic mass is 9.90. The molecular formula is C14H26N4O2. The molecule has 6 heteroatoms. The maximum atomic E-state index is 11.7. The van der Waals surface area contributed by atoms with Crippen LogP contribution in [-0.2, 0) is 4.79 Å². The van der Waals surface area contributed by atoms with E-state index < -0.39 is 6.03 Å². The monoisotopic (exact) mass is 282 g/mol. The van der Waals surface area contributed by atoms with Crippen molar-refractivity contribution >= 4 is 11.9 Å². The summed E-state index contributed by atoms with van der Waals surface area (Å²) >= 11 is 0. The minimum Gasteiger partial charge on any atom is -0.334 e. The van der Waals surface area contributed by atoms with E-state index in [-0.39, 0.29) is 12.5 Å². The Morgan fingerprint density at radius 1 is 1.30 bits per heavy atom. The van der Waals surface area contributed by atoms with E-state index in [1.165, 1.54) is 0 Å². The lowest BCUT2D eigenvalue weighted by Crippen LogP contribution is -2.47. The van der Waals surface area contributed by atoms with E-state index in [9.17, 15) is 9.59 Å². The first-order valence-electron chi connectivity index (χ1n) is 7.13. The topological polar surface area (TPSA) is 73.5 Å². The highest BCUT2D eigenvalue weighted by Gasteiger charge is 2.24. The number of nitrogens with one attached hydrogen (secondary N) is 3. The van der Waals surface area contributed by atoms with E-state index in [0.717, 1.165) is 25.7 Å². The van der Waals surface area contributed by atoms with Crippen LogP contribution in [0.4, 0.5) is 4.79 Å². The van der Waals surface area contributed by atoms with E-state index in [1.807, 2.05) is 19.0 Å². The number of urea groups is 1. The minimum absolute atomic E-state index is 0.246. The molecule has 20 heavy (non-hydrogen) atoms. The van der Waals surface area contributed by atoms with Crippen molar-refractivity contribution in [1.29, 1.82) is 0 Å². The van der Waals surface area contributed by atoms with Crippen LogP contribution in [0.2, 0.25) is 0 Å². The van der Waals surface area contributed by atoms with Crippen LogP contribution in [0.15, 0.2) is 12.7 Å². The van der Waals surface area contributed by atoms with Crippen LogP contribution in [0.1, 0.15) is 25.7 Å². The van der Waals surface area contributed by atoms with Gasteiger partial charge in [0.2, 0.25) is 5.91 Å². The number of rotatable bonds is 6. The maximum Gasteiger partial charge on any atom is 0.321 e. The van der Waals surface area contributed by atoms with E-state index in [4.69, 9.17) is 0 Å². The zero-order chi connectivity index (χ0) is 15.0. The number of carbonyl (C=O) groups excluding carboxylic acids is 2. The van der Waals surface area contributed by atoms with Gasteiger partial charge in [0.1, 0.15) is 0 Å². The number of nitrogens with zero attached hydrogens (tertiary/aromatic N) is 1. The zero-order valence-electron chi connectivity index (χ0n) is 12.4. The van der Waals surface area contributed by atoms with Gasteiger partial charge in [0.15, 0.2) is 0 Å². The molecular weight excluding hydrogens is 256 g/mol. The first kappa shape index (κ1) is 16.7. The Morgan fingerprint density at radius 2 is 1.95 bits per heavy atom. The van der Waals surface area contributed by atoms with E-state index in [0.29, 0.717) is 18.6 Å². The number of carbonyl (C=O) groups is 2. The van der Waals surface area contributed by atoms with Crippen molar-refractivity contribution in [2.24, 2.45) is 0 Å². The van der Waals surface area contributed by atoms with Gasteiger partial charge in [-0.25, -0.2) is 4.79 Å². The molecule has 0 aliphatic heterocycles. The summed E-state index contributed by atoms with van der Waals surface area (Å²) in [5, 5.41) is 8.12. The van der Waals surface area contributed by atoms with E-state index in [2.05, 4.69) is 22.5 Å². The van der Waals surface area contributed by atoms with Crippen molar-refractivity contribution in [2.75, 3.05) is 27.2 Å². The summed E-state index contributed by atoms with van der Waals surface area (Å²) in [6, 6.07) is 0.543. The summed E-state index contributed by atoms with van der Waals surface area (Å²) in [5.41, 5.74) is 0. The molecule has 3 N–H and O–H groups in total. The summed E-state index contributed by atoms with van der Waals surface area (Å²) in [4.78, 5) is 25.1. The van der Waals surface area contributed by atoms with Crippen LogP contribution in [0.25, 0.3) is 0 Å². The number of imide groups is 1. The molecule has 0 aromatic heterocycles. The van der Waals surface area contributed by atoms with E-state index in [1.54, 1.807) is 6.08 Å². The fourth-order valence-corrected chi connectivity index (χ4v) is 2.54. The molecule has 1 saturated carbocycles. The second kappa shape index (κ2) is 8.71. The predicted octanol–water partition coefficient (Wildman–Crippen LogP) is 0.461. The Kier molecular flexibility index (Phi) is 7.25. The molecule has 0 spiro atoms. The number of hydrogen-bond donors (Lipinski definition) is 3. The summed E-state index contributed by atoms with van der Waals surface area (Å²) in [5.74, 6) is -0.273. The highest BCUT2D eigenvalue weighted by atomic mass is 16.2. The van der Waals surface area contributed by atoms with Crippen molar-refractivity contribution in [2.45, 2.75) is 37.8 Å². The van der Waals surface area contributed by atoms with Crippen LogP contribution >= 0.6 is 0 Å². The van der Waals surface area contributed by atoms with Crippen LogP contribution in [0.3, 0.4) is 0 Å². The van der Waals surface area contributed by atoms with Gasteiger partial charge >= 0.3 is 6.03 Å². The van der Waals surface area contributed by atoms with Crippen molar-refractivity contribution in [3.05, 3.63) is 12.7 Å². The van der Waals surface area contributed by atoms with Gasteiger partial charge < -0.3 is 10.6 Å². The molecule has 1 fully saturated rings. The van der Waals surface area contributed by atoms with Crippen molar-refractivity contribution in [1.82, 2.24) is 20.9 Å². The lowest BCUT2D eigenvalue weighted by Gasteiger charge is -2.34. The standard InChI is InChI=1S/C14H26N4O2/c1-4-9-16-14(20)17-13(19)10-18(3)12-7-5-11(15-2)6-8-12/h4,11-12,15H,1,5-10H2,2-3H3,(H2,16,17,19,20). The smallest absolute Gasteiger partial charge is 0.321 e. The minimum atomic E-state index is -0.470. The van der Waals surface area contributed by atoms with E-state index >= 15 is 0 Å². The van der Waals surface area contributed by atoms with Gasteiger partial charge in [-0.15, -0.1) is 6.58 Å². The van der Waals surface area contributed by atoms with Gasteiger partial charge in [-0.1, -0.05) is 6.08 Å². The fourth-order valence-electron chi connectivity index (χ4n) is 2.54. The predicted molar refractivity (Wildman–Crippen MR) is 79.5 cm³/mol. The molecule has 114 valence electrons. The van der Waals surface area contributed by atoms with Gasteiger partial charge in [0.05, 0.1) is 6.54 Å². The maximum absolute atomic E-state index is 11.7. The van der Waals surface area contributed by atoms with Gasteiger partial charge in [0.25, 0.3) is 0 Å². The van der Waals surface area contributed by atoms with Crippen molar-refractivity contribution in [3.63, 3.8) is 0 Å². The molecule has 0 aromatic rings. The Morgan fingerprint density at radius 3 is 2.50 bits per heavy atom. The molecule has 0 bridgehead atoms. The molecule has 0 saturated heterocycles. The SMILES string of the molecule is C=CCNC(=O)NC(=O)CN(C)C1CCC(NC)CC1. The second-order valence-corrected chi connectivity index (χ2v) is 5.26. The molecule has 6 nitrogen and oxygen atoms in total. The Hall–Kier alpha value is -1.40. The summed E-state index contributed by atoms with van der Waals surface area (Å²) in [6.45, 7) is 4.09. The van der Waals surface area contributed by atoms with Crippen molar-refractivity contribution < 1.29 is 9.59 Å². The molecule has 0 aromatic carbocycles. The quantitative estimate of drug-likeness (QED) is 0.619. The second-order valence-electron chi connectivity index (χ2n) is 5.26. The Bertz CT molecular complexity index is 338. The fraction of sp³-hybridized carbons (Fsp3) is 0.714. The first-order valence-corrected chi connectivity index (χ1v) is 7.13. The number of hydrogen-bond acceptors (Lipinski definition) is 4. The third-order valence-electron chi connectivity index (χ3n) is 3.78. The van der Waals surface area contributed by atoms with Crippen molar-refractivity contribution in [3.8, 4) is 0 Å². The molecule has 1 rings (SSSR count). The third-order valence-corrected chi connectivity index (χ3v) is 3.78. The normalized spacial score (nSPS) is 22.4. The first-order chi connectivity index (χ1) is 9.56. The van der Waals surface area contributed by atoms with Crippen LogP contribution in [0.5, 0.6) is 0 Å². The van der Waals surface area contributed by atoms with Crippen LogP contribution < -0.4 is 16.0 Å². The highest BCUT2D eigenvalue weighted by molar-refractivity contribution is 5.95. The average Bonchev–Trinajstić information content (AvgIpc) is 2.45. The zero-order valence-corrected chi connectivity index (χ0v) is 12.4.